The van der Waals surface area contributed by atoms with Gasteiger partial charge in [-0.2, -0.15) is 0 Å². The lowest BCUT2D eigenvalue weighted by molar-refractivity contribution is 0.142. The summed E-state index contributed by atoms with van der Waals surface area (Å²) in [6, 6.07) is 9.18. The second-order valence-corrected chi connectivity index (χ2v) is 8.49. The minimum atomic E-state index is 1.000. The highest BCUT2D eigenvalue weighted by molar-refractivity contribution is 5.21. The third-order valence-electron chi connectivity index (χ3n) is 6.99. The van der Waals surface area contributed by atoms with Crippen molar-refractivity contribution in [2.75, 3.05) is 0 Å². The van der Waals surface area contributed by atoms with Crippen molar-refractivity contribution in [1.82, 2.24) is 0 Å². The number of benzene rings is 1. The topological polar surface area (TPSA) is 0 Å². The van der Waals surface area contributed by atoms with E-state index in [1.54, 1.807) is 0 Å². The molecular formula is C23H36. The number of hydrogen-bond acceptors (Lipinski definition) is 0. The van der Waals surface area contributed by atoms with Crippen LogP contribution in [0.4, 0.5) is 0 Å². The molecule has 2 fully saturated rings. The Morgan fingerprint density at radius 2 is 1.26 bits per heavy atom. The van der Waals surface area contributed by atoms with E-state index in [9.17, 15) is 0 Å². The molecule has 0 nitrogen and oxygen atoms in total. The Balaban J connectivity index is 1.38. The number of rotatable bonds is 5. The SMILES string of the molecule is CCC1CCC(C2CCC(CCc3ccc(C)cc3)CC2)CC1. The van der Waals surface area contributed by atoms with Crippen molar-refractivity contribution in [3.63, 3.8) is 0 Å². The Kier molecular flexibility index (Phi) is 6.20. The minimum Gasteiger partial charge on any atom is -0.0651 e. The van der Waals surface area contributed by atoms with Gasteiger partial charge in [0.1, 0.15) is 0 Å². The van der Waals surface area contributed by atoms with Gasteiger partial charge in [-0.3, -0.25) is 0 Å². The van der Waals surface area contributed by atoms with Crippen LogP contribution in [0, 0.1) is 30.6 Å². The van der Waals surface area contributed by atoms with Crippen LogP contribution in [0.25, 0.3) is 0 Å². The van der Waals surface area contributed by atoms with Crippen molar-refractivity contribution >= 4 is 0 Å². The van der Waals surface area contributed by atoms with Gasteiger partial charge in [0.25, 0.3) is 0 Å². The van der Waals surface area contributed by atoms with Crippen molar-refractivity contribution in [2.24, 2.45) is 23.7 Å². The first kappa shape index (κ1) is 17.1. The summed E-state index contributed by atoms with van der Waals surface area (Å²) in [6.07, 6.45) is 16.3. The standard InChI is InChI=1S/C23H36/c1-3-19-10-14-22(15-11-19)23-16-12-21(13-17-23)9-8-20-6-4-18(2)5-7-20/h4-7,19,21-23H,3,8-17H2,1-2H3. The van der Waals surface area contributed by atoms with Gasteiger partial charge in [0.05, 0.1) is 0 Å². The Morgan fingerprint density at radius 1 is 0.739 bits per heavy atom. The van der Waals surface area contributed by atoms with Gasteiger partial charge in [0.2, 0.25) is 0 Å². The lowest BCUT2D eigenvalue weighted by Crippen LogP contribution is -2.25. The monoisotopic (exact) mass is 312 g/mol. The molecule has 2 aliphatic rings. The second kappa shape index (κ2) is 8.36. The van der Waals surface area contributed by atoms with Crippen LogP contribution in [0.5, 0.6) is 0 Å². The maximum Gasteiger partial charge on any atom is -0.0276 e. The van der Waals surface area contributed by atoms with Gasteiger partial charge in [0.15, 0.2) is 0 Å². The van der Waals surface area contributed by atoms with Crippen LogP contribution in [-0.2, 0) is 6.42 Å². The normalized spacial score (nSPS) is 31.9. The summed E-state index contributed by atoms with van der Waals surface area (Å²) in [6.45, 7) is 4.56. The fourth-order valence-corrected chi connectivity index (χ4v) is 5.14. The van der Waals surface area contributed by atoms with Crippen LogP contribution in [0.2, 0.25) is 0 Å². The highest BCUT2D eigenvalue weighted by Crippen LogP contribution is 2.42. The molecule has 0 amide bonds. The number of hydrogen-bond donors (Lipinski definition) is 0. The zero-order valence-corrected chi connectivity index (χ0v) is 15.4. The lowest BCUT2D eigenvalue weighted by Gasteiger charge is -2.37. The van der Waals surface area contributed by atoms with Crippen LogP contribution in [-0.4, -0.2) is 0 Å². The molecule has 0 N–H and O–H groups in total. The molecule has 128 valence electrons. The molecular weight excluding hydrogens is 276 g/mol. The average molecular weight is 313 g/mol. The van der Waals surface area contributed by atoms with Crippen molar-refractivity contribution in [1.29, 1.82) is 0 Å². The summed E-state index contributed by atoms with van der Waals surface area (Å²) in [5.41, 5.74) is 2.92. The maximum absolute atomic E-state index is 2.38. The van der Waals surface area contributed by atoms with Gasteiger partial charge in [-0.15, -0.1) is 0 Å². The highest BCUT2D eigenvalue weighted by atomic mass is 14.4. The van der Waals surface area contributed by atoms with Crippen LogP contribution in [0.3, 0.4) is 0 Å². The summed E-state index contributed by atoms with van der Waals surface area (Å²) < 4.78 is 0. The molecule has 2 aliphatic carbocycles. The molecule has 0 radical (unpaired) electrons. The van der Waals surface area contributed by atoms with Gasteiger partial charge >= 0.3 is 0 Å². The van der Waals surface area contributed by atoms with E-state index in [4.69, 9.17) is 0 Å². The van der Waals surface area contributed by atoms with Crippen LogP contribution in [0.1, 0.15) is 82.3 Å². The van der Waals surface area contributed by atoms with Gasteiger partial charge < -0.3 is 0 Å². The maximum atomic E-state index is 2.38. The third-order valence-corrected chi connectivity index (χ3v) is 6.99. The summed E-state index contributed by atoms with van der Waals surface area (Å²) in [4.78, 5) is 0. The van der Waals surface area contributed by atoms with E-state index in [2.05, 4.69) is 38.1 Å². The lowest BCUT2D eigenvalue weighted by atomic mass is 9.68. The third kappa shape index (κ3) is 4.85. The predicted molar refractivity (Wildman–Crippen MR) is 101 cm³/mol. The number of aryl methyl sites for hydroxylation is 2. The zero-order chi connectivity index (χ0) is 16.1. The largest absolute Gasteiger partial charge is 0.0651 e. The molecule has 2 saturated carbocycles. The Labute approximate surface area is 144 Å². The molecule has 0 spiro atoms. The van der Waals surface area contributed by atoms with Crippen LogP contribution >= 0.6 is 0 Å². The fourth-order valence-electron chi connectivity index (χ4n) is 5.14. The summed E-state index contributed by atoms with van der Waals surface area (Å²) in [5.74, 6) is 4.20. The van der Waals surface area contributed by atoms with E-state index in [1.165, 1.54) is 81.8 Å². The molecule has 0 saturated heterocycles. The Hall–Kier alpha value is -0.780. The van der Waals surface area contributed by atoms with Crippen molar-refractivity contribution in [3.8, 4) is 0 Å². The van der Waals surface area contributed by atoms with E-state index in [0.29, 0.717) is 0 Å². The van der Waals surface area contributed by atoms with Crippen molar-refractivity contribution < 1.29 is 0 Å². The molecule has 0 aromatic heterocycles. The van der Waals surface area contributed by atoms with E-state index in [-0.39, 0.29) is 0 Å². The van der Waals surface area contributed by atoms with Gasteiger partial charge in [-0.05, 0) is 74.7 Å². The predicted octanol–water partition coefficient (Wildman–Crippen LogP) is 6.95. The summed E-state index contributed by atoms with van der Waals surface area (Å²) in [7, 11) is 0. The second-order valence-electron chi connectivity index (χ2n) is 8.49. The van der Waals surface area contributed by atoms with E-state index in [0.717, 1.165) is 23.7 Å². The van der Waals surface area contributed by atoms with Gasteiger partial charge in [-0.1, -0.05) is 68.9 Å². The van der Waals surface area contributed by atoms with Crippen LogP contribution in [0.15, 0.2) is 24.3 Å². The summed E-state index contributed by atoms with van der Waals surface area (Å²) >= 11 is 0. The molecule has 1 aromatic carbocycles. The minimum absolute atomic E-state index is 1.000. The highest BCUT2D eigenvalue weighted by Gasteiger charge is 2.30. The van der Waals surface area contributed by atoms with E-state index >= 15 is 0 Å². The van der Waals surface area contributed by atoms with E-state index in [1.807, 2.05) is 0 Å². The Bertz CT molecular complexity index is 441. The molecule has 1 aromatic rings. The molecule has 3 rings (SSSR count). The first-order valence-electron chi connectivity index (χ1n) is 10.3. The molecule has 23 heavy (non-hydrogen) atoms. The smallest absolute Gasteiger partial charge is 0.0276 e. The fraction of sp³-hybridized carbons (Fsp3) is 0.739. The zero-order valence-electron chi connectivity index (χ0n) is 15.4. The van der Waals surface area contributed by atoms with Gasteiger partial charge in [0, 0.05) is 0 Å². The molecule has 0 bridgehead atoms. The molecule has 0 atom stereocenters. The Morgan fingerprint density at radius 3 is 1.78 bits per heavy atom. The first-order chi connectivity index (χ1) is 11.2. The average Bonchev–Trinajstić information content (AvgIpc) is 2.62. The first-order valence-corrected chi connectivity index (χ1v) is 10.3. The summed E-state index contributed by atoms with van der Waals surface area (Å²) in [5, 5.41) is 0. The quantitative estimate of drug-likeness (QED) is 0.552. The molecule has 0 unspecified atom stereocenters. The molecule has 0 aliphatic heterocycles. The van der Waals surface area contributed by atoms with E-state index < -0.39 is 0 Å². The van der Waals surface area contributed by atoms with Gasteiger partial charge in [-0.25, -0.2) is 0 Å². The van der Waals surface area contributed by atoms with Crippen molar-refractivity contribution in [3.05, 3.63) is 35.4 Å². The molecule has 0 heteroatoms. The van der Waals surface area contributed by atoms with Crippen molar-refractivity contribution in [2.45, 2.75) is 84.5 Å². The molecule has 0 heterocycles. The van der Waals surface area contributed by atoms with Crippen LogP contribution < -0.4 is 0 Å².